The monoisotopic (exact) mass is 348 g/mol. The Hall–Kier alpha value is -2.50. The van der Waals surface area contributed by atoms with Gasteiger partial charge in [-0.05, 0) is 51.1 Å². The van der Waals surface area contributed by atoms with Crippen LogP contribution in [0.15, 0.2) is 18.2 Å². The minimum absolute atomic E-state index is 0.0996. The summed E-state index contributed by atoms with van der Waals surface area (Å²) in [7, 11) is 1.31. The standard InChI is InChI=1S/C17H21FN2O2.CO2/c1-4-20-7-5-6-17(20,2)15-10-12-13(16(21)22-3)8-11(18)9-14(12)19-15;2-1-3/h8-10,19H,4-7H2,1-3H3;/t17-;/m1./s1. The van der Waals surface area contributed by atoms with Crippen LogP contribution in [0.1, 0.15) is 42.7 Å². The zero-order chi connectivity index (χ0) is 18.6. The van der Waals surface area contributed by atoms with Gasteiger partial charge in [-0.15, -0.1) is 0 Å². The molecular weight excluding hydrogens is 327 g/mol. The number of carbonyl (C=O) groups excluding carboxylic acids is 3. The predicted molar refractivity (Wildman–Crippen MR) is 88.4 cm³/mol. The maximum atomic E-state index is 13.8. The van der Waals surface area contributed by atoms with Gasteiger partial charge in [0.25, 0.3) is 0 Å². The first-order valence-electron chi connectivity index (χ1n) is 8.06. The minimum atomic E-state index is -0.515. The largest absolute Gasteiger partial charge is 0.465 e. The summed E-state index contributed by atoms with van der Waals surface area (Å²) in [5.41, 5.74) is 1.83. The van der Waals surface area contributed by atoms with Crippen LogP contribution in [0.5, 0.6) is 0 Å². The Labute approximate surface area is 144 Å². The molecule has 2 heterocycles. The van der Waals surface area contributed by atoms with Crippen molar-refractivity contribution >= 4 is 23.0 Å². The van der Waals surface area contributed by atoms with Crippen molar-refractivity contribution in [3.63, 3.8) is 0 Å². The van der Waals surface area contributed by atoms with Gasteiger partial charge in [0, 0.05) is 16.6 Å². The van der Waals surface area contributed by atoms with Gasteiger partial charge in [-0.1, -0.05) is 6.92 Å². The van der Waals surface area contributed by atoms with Crippen molar-refractivity contribution < 1.29 is 23.5 Å². The summed E-state index contributed by atoms with van der Waals surface area (Å²) in [4.78, 5) is 33.9. The number of halogens is 1. The molecule has 1 aromatic heterocycles. The molecule has 0 unspecified atom stereocenters. The second-order valence-corrected chi connectivity index (χ2v) is 6.13. The van der Waals surface area contributed by atoms with Gasteiger partial charge in [0.15, 0.2) is 0 Å². The number of H-pyrrole nitrogens is 1. The third kappa shape index (κ3) is 3.48. The minimum Gasteiger partial charge on any atom is -0.465 e. The highest BCUT2D eigenvalue weighted by Gasteiger charge is 2.38. The lowest BCUT2D eigenvalue weighted by Crippen LogP contribution is -2.38. The Kier molecular flexibility index (Phi) is 5.72. The van der Waals surface area contributed by atoms with Crippen LogP contribution in [0.2, 0.25) is 0 Å². The first-order valence-corrected chi connectivity index (χ1v) is 8.06. The molecule has 0 bridgehead atoms. The summed E-state index contributed by atoms with van der Waals surface area (Å²) in [5.74, 6) is -0.954. The molecule has 1 aromatic carbocycles. The smallest absolute Gasteiger partial charge is 0.373 e. The molecule has 3 rings (SSSR count). The fourth-order valence-corrected chi connectivity index (χ4v) is 3.60. The van der Waals surface area contributed by atoms with Gasteiger partial charge in [0.05, 0.1) is 18.2 Å². The zero-order valence-corrected chi connectivity index (χ0v) is 14.5. The molecule has 2 aromatic rings. The molecule has 0 spiro atoms. The Morgan fingerprint density at radius 3 is 2.68 bits per heavy atom. The Bertz CT molecular complexity index is 811. The molecule has 0 radical (unpaired) electrons. The number of fused-ring (bicyclic) bond motifs is 1. The lowest BCUT2D eigenvalue weighted by molar-refractivity contribution is -0.191. The number of aromatic amines is 1. The topological polar surface area (TPSA) is 79.5 Å². The molecule has 1 N–H and O–H groups in total. The van der Waals surface area contributed by atoms with E-state index in [0.717, 1.165) is 31.6 Å². The second kappa shape index (κ2) is 7.59. The number of nitrogens with one attached hydrogen (secondary N) is 1. The van der Waals surface area contributed by atoms with Crippen molar-refractivity contribution in [2.75, 3.05) is 20.2 Å². The van der Waals surface area contributed by atoms with Crippen molar-refractivity contribution in [1.29, 1.82) is 0 Å². The van der Waals surface area contributed by atoms with Crippen LogP contribution in [-0.2, 0) is 19.9 Å². The molecule has 0 saturated carbocycles. The van der Waals surface area contributed by atoms with E-state index in [1.54, 1.807) is 0 Å². The average Bonchev–Trinajstić information content (AvgIpc) is 3.18. The number of likely N-dealkylation sites (tertiary alicyclic amines) is 1. The van der Waals surface area contributed by atoms with Gasteiger partial charge in [-0.3, -0.25) is 4.90 Å². The maximum Gasteiger partial charge on any atom is 0.373 e. The number of ether oxygens (including phenoxy) is 1. The molecule has 1 aliphatic rings. The molecule has 0 amide bonds. The van der Waals surface area contributed by atoms with Crippen molar-refractivity contribution in [2.24, 2.45) is 0 Å². The summed E-state index contributed by atoms with van der Waals surface area (Å²) in [6.07, 6.45) is 2.43. The van der Waals surface area contributed by atoms with Crippen LogP contribution in [0, 0.1) is 5.82 Å². The fraction of sp³-hybridized carbons (Fsp3) is 0.444. The molecule has 1 fully saturated rings. The molecule has 0 aliphatic carbocycles. The average molecular weight is 348 g/mol. The van der Waals surface area contributed by atoms with Crippen LogP contribution in [0.4, 0.5) is 4.39 Å². The van der Waals surface area contributed by atoms with Crippen molar-refractivity contribution in [3.05, 3.63) is 35.3 Å². The number of carbonyl (C=O) groups is 1. The highest BCUT2D eigenvalue weighted by molar-refractivity contribution is 6.04. The molecule has 1 aliphatic heterocycles. The number of methoxy groups -OCH3 is 1. The lowest BCUT2D eigenvalue weighted by Gasteiger charge is -2.33. The first kappa shape index (κ1) is 18.8. The van der Waals surface area contributed by atoms with Crippen molar-refractivity contribution in [3.8, 4) is 0 Å². The van der Waals surface area contributed by atoms with Crippen LogP contribution in [0.3, 0.4) is 0 Å². The number of benzene rings is 1. The van der Waals surface area contributed by atoms with E-state index in [9.17, 15) is 9.18 Å². The molecule has 134 valence electrons. The number of aromatic nitrogens is 1. The highest BCUT2D eigenvalue weighted by atomic mass is 19.1. The zero-order valence-electron chi connectivity index (χ0n) is 14.5. The Balaban J connectivity index is 0.000000701. The SMILES string of the molecule is CCN1CCC[C@]1(C)c1cc2c(C(=O)OC)cc(F)cc2[nH]1.O=C=O. The molecule has 1 saturated heterocycles. The summed E-state index contributed by atoms with van der Waals surface area (Å²) in [6, 6.07) is 4.63. The number of esters is 1. The van der Waals surface area contributed by atoms with E-state index in [-0.39, 0.29) is 17.3 Å². The van der Waals surface area contributed by atoms with Gasteiger partial charge in [-0.2, -0.15) is 9.59 Å². The van der Waals surface area contributed by atoms with Gasteiger partial charge in [-0.25, -0.2) is 9.18 Å². The third-order valence-electron chi connectivity index (χ3n) is 4.86. The van der Waals surface area contributed by atoms with Gasteiger partial charge in [0.1, 0.15) is 5.82 Å². The molecule has 7 heteroatoms. The molecular formula is C18H21FN2O4. The van der Waals surface area contributed by atoms with Crippen LogP contribution < -0.4 is 0 Å². The predicted octanol–water partition coefficient (Wildman–Crippen LogP) is 2.84. The number of rotatable bonds is 3. The number of hydrogen-bond acceptors (Lipinski definition) is 5. The van der Waals surface area contributed by atoms with Crippen LogP contribution in [-0.4, -0.2) is 42.2 Å². The van der Waals surface area contributed by atoms with Gasteiger partial charge < -0.3 is 9.72 Å². The van der Waals surface area contributed by atoms with E-state index in [2.05, 4.69) is 23.7 Å². The third-order valence-corrected chi connectivity index (χ3v) is 4.86. The summed E-state index contributed by atoms with van der Waals surface area (Å²) < 4.78 is 18.6. The van der Waals surface area contributed by atoms with E-state index in [1.165, 1.54) is 19.2 Å². The quantitative estimate of drug-likeness (QED) is 0.863. The van der Waals surface area contributed by atoms with Crippen molar-refractivity contribution in [2.45, 2.75) is 32.2 Å². The van der Waals surface area contributed by atoms with Crippen LogP contribution >= 0.6 is 0 Å². The van der Waals surface area contributed by atoms with Gasteiger partial charge >= 0.3 is 12.1 Å². The number of hydrogen-bond donors (Lipinski definition) is 1. The van der Waals surface area contributed by atoms with Crippen LogP contribution in [0.25, 0.3) is 10.9 Å². The van der Waals surface area contributed by atoms with E-state index < -0.39 is 11.8 Å². The van der Waals surface area contributed by atoms with Gasteiger partial charge in [0.2, 0.25) is 0 Å². The molecule has 1 atom stereocenters. The lowest BCUT2D eigenvalue weighted by atomic mass is 9.94. The summed E-state index contributed by atoms with van der Waals surface area (Å²) in [5, 5.41) is 0.715. The molecule has 25 heavy (non-hydrogen) atoms. The van der Waals surface area contributed by atoms with E-state index in [4.69, 9.17) is 14.3 Å². The fourth-order valence-electron chi connectivity index (χ4n) is 3.60. The number of nitrogens with zero attached hydrogens (tertiary/aromatic N) is 1. The van der Waals surface area contributed by atoms with Crippen molar-refractivity contribution in [1.82, 2.24) is 9.88 Å². The second-order valence-electron chi connectivity index (χ2n) is 6.13. The highest BCUT2D eigenvalue weighted by Crippen LogP contribution is 2.39. The first-order chi connectivity index (χ1) is 11.9. The summed E-state index contributed by atoms with van der Waals surface area (Å²) in [6.45, 7) is 6.36. The van der Waals surface area contributed by atoms with E-state index >= 15 is 0 Å². The Morgan fingerprint density at radius 1 is 1.40 bits per heavy atom. The Morgan fingerprint density at radius 2 is 2.08 bits per heavy atom. The summed E-state index contributed by atoms with van der Waals surface area (Å²) >= 11 is 0. The van der Waals surface area contributed by atoms with E-state index in [0.29, 0.717) is 10.9 Å². The molecule has 6 nitrogen and oxygen atoms in total. The van der Waals surface area contributed by atoms with E-state index in [1.807, 2.05) is 6.07 Å². The normalized spacial score (nSPS) is 20.0. The maximum absolute atomic E-state index is 13.8.